The van der Waals surface area contributed by atoms with Gasteiger partial charge >= 0.3 is 0 Å². The summed E-state index contributed by atoms with van der Waals surface area (Å²) in [7, 11) is 0. The average molecular weight is 243 g/mol. The number of aryl methyl sites for hydroxylation is 1. The molecule has 0 bridgehead atoms. The Balaban J connectivity index is 2.33. The summed E-state index contributed by atoms with van der Waals surface area (Å²) in [5, 5.41) is 0. The molecular formula is C16H18FN. The van der Waals surface area contributed by atoms with Crippen LogP contribution in [-0.4, -0.2) is 6.54 Å². The maximum atomic E-state index is 13.0. The van der Waals surface area contributed by atoms with Crippen LogP contribution >= 0.6 is 0 Å². The van der Waals surface area contributed by atoms with Crippen LogP contribution in [0.2, 0.25) is 0 Å². The SMILES string of the molecule is Cc1ccc(C(CCN)c2ccc(F)cc2)cc1. The first-order valence-electron chi connectivity index (χ1n) is 6.23. The predicted molar refractivity (Wildman–Crippen MR) is 73.1 cm³/mol. The fourth-order valence-electron chi connectivity index (χ4n) is 2.19. The third-order valence-corrected chi connectivity index (χ3v) is 3.21. The number of benzene rings is 2. The lowest BCUT2D eigenvalue weighted by Gasteiger charge is -2.17. The van der Waals surface area contributed by atoms with E-state index in [0.717, 1.165) is 12.0 Å². The smallest absolute Gasteiger partial charge is 0.123 e. The number of hydrogen-bond donors (Lipinski definition) is 1. The van der Waals surface area contributed by atoms with Gasteiger partial charge in [-0.25, -0.2) is 4.39 Å². The summed E-state index contributed by atoms with van der Waals surface area (Å²) in [5.74, 6) is 0.0466. The Morgan fingerprint density at radius 2 is 1.44 bits per heavy atom. The van der Waals surface area contributed by atoms with Gasteiger partial charge in [0.05, 0.1) is 0 Å². The van der Waals surface area contributed by atoms with Gasteiger partial charge < -0.3 is 5.73 Å². The van der Waals surface area contributed by atoms with Crippen LogP contribution in [0.3, 0.4) is 0 Å². The molecule has 94 valence electrons. The first-order valence-corrected chi connectivity index (χ1v) is 6.23. The highest BCUT2D eigenvalue weighted by Gasteiger charge is 2.13. The Bertz CT molecular complexity index is 442. The lowest BCUT2D eigenvalue weighted by atomic mass is 9.88. The average Bonchev–Trinajstić information content (AvgIpc) is 2.39. The molecule has 0 aliphatic rings. The molecule has 18 heavy (non-hydrogen) atoms. The molecule has 2 N–H and O–H groups in total. The predicted octanol–water partition coefficient (Wildman–Crippen LogP) is 3.61. The topological polar surface area (TPSA) is 26.0 Å². The van der Waals surface area contributed by atoms with Crippen LogP contribution in [0, 0.1) is 12.7 Å². The van der Waals surface area contributed by atoms with Gasteiger partial charge in [-0.1, -0.05) is 42.0 Å². The third-order valence-electron chi connectivity index (χ3n) is 3.21. The van der Waals surface area contributed by atoms with Gasteiger partial charge in [0.25, 0.3) is 0 Å². The molecule has 0 aliphatic carbocycles. The van der Waals surface area contributed by atoms with Gasteiger partial charge in [-0.2, -0.15) is 0 Å². The van der Waals surface area contributed by atoms with E-state index in [1.165, 1.54) is 23.3 Å². The minimum Gasteiger partial charge on any atom is -0.330 e. The molecule has 0 amide bonds. The number of halogens is 1. The molecule has 0 radical (unpaired) electrons. The van der Waals surface area contributed by atoms with Crippen molar-refractivity contribution in [2.75, 3.05) is 6.54 Å². The maximum absolute atomic E-state index is 13.0. The number of hydrogen-bond acceptors (Lipinski definition) is 1. The molecule has 2 aromatic carbocycles. The van der Waals surface area contributed by atoms with E-state index in [1.807, 2.05) is 12.1 Å². The second-order valence-electron chi connectivity index (χ2n) is 4.59. The van der Waals surface area contributed by atoms with E-state index in [-0.39, 0.29) is 11.7 Å². The second kappa shape index (κ2) is 5.78. The van der Waals surface area contributed by atoms with Crippen molar-refractivity contribution in [2.24, 2.45) is 5.73 Å². The molecule has 0 aromatic heterocycles. The number of nitrogens with two attached hydrogens (primary N) is 1. The largest absolute Gasteiger partial charge is 0.330 e. The molecule has 0 fully saturated rings. The molecule has 2 heteroatoms. The van der Waals surface area contributed by atoms with Crippen molar-refractivity contribution in [2.45, 2.75) is 19.3 Å². The van der Waals surface area contributed by atoms with E-state index in [4.69, 9.17) is 5.73 Å². The van der Waals surface area contributed by atoms with Crippen molar-refractivity contribution in [3.63, 3.8) is 0 Å². The van der Waals surface area contributed by atoms with E-state index in [9.17, 15) is 4.39 Å². The molecule has 1 unspecified atom stereocenters. The zero-order valence-electron chi connectivity index (χ0n) is 10.6. The lowest BCUT2D eigenvalue weighted by Crippen LogP contribution is -2.09. The van der Waals surface area contributed by atoms with Crippen LogP contribution in [0.1, 0.15) is 29.0 Å². The highest BCUT2D eigenvalue weighted by atomic mass is 19.1. The molecule has 1 atom stereocenters. The highest BCUT2D eigenvalue weighted by molar-refractivity contribution is 5.34. The first kappa shape index (κ1) is 12.8. The van der Waals surface area contributed by atoms with Gasteiger partial charge in [-0.3, -0.25) is 0 Å². The fraction of sp³-hybridized carbons (Fsp3) is 0.250. The normalized spacial score (nSPS) is 12.4. The molecule has 1 nitrogen and oxygen atoms in total. The summed E-state index contributed by atoms with van der Waals surface area (Å²) in [6.45, 7) is 2.69. The van der Waals surface area contributed by atoms with Crippen molar-refractivity contribution in [1.29, 1.82) is 0 Å². The van der Waals surface area contributed by atoms with Crippen molar-refractivity contribution in [3.05, 3.63) is 71.0 Å². The van der Waals surface area contributed by atoms with Crippen molar-refractivity contribution in [3.8, 4) is 0 Å². The molecule has 0 saturated carbocycles. The van der Waals surface area contributed by atoms with Crippen LogP contribution in [0.15, 0.2) is 48.5 Å². The van der Waals surface area contributed by atoms with Crippen LogP contribution < -0.4 is 5.73 Å². The fourth-order valence-corrected chi connectivity index (χ4v) is 2.19. The summed E-state index contributed by atoms with van der Waals surface area (Å²) in [6.07, 6.45) is 0.870. The van der Waals surface area contributed by atoms with E-state index < -0.39 is 0 Å². The minimum atomic E-state index is -0.200. The molecular weight excluding hydrogens is 225 g/mol. The monoisotopic (exact) mass is 243 g/mol. The van der Waals surface area contributed by atoms with Crippen LogP contribution in [0.25, 0.3) is 0 Å². The van der Waals surface area contributed by atoms with Gasteiger partial charge in [0.15, 0.2) is 0 Å². The van der Waals surface area contributed by atoms with Crippen molar-refractivity contribution >= 4 is 0 Å². The molecule has 0 saturated heterocycles. The van der Waals surface area contributed by atoms with Gasteiger partial charge in [0, 0.05) is 5.92 Å². The Morgan fingerprint density at radius 3 is 1.94 bits per heavy atom. The minimum absolute atomic E-state index is 0.200. The van der Waals surface area contributed by atoms with Gasteiger partial charge in [-0.15, -0.1) is 0 Å². The molecule has 0 heterocycles. The Morgan fingerprint density at radius 1 is 0.944 bits per heavy atom. The summed E-state index contributed by atoms with van der Waals surface area (Å²) in [5.41, 5.74) is 9.28. The van der Waals surface area contributed by atoms with Crippen LogP contribution in [0.4, 0.5) is 4.39 Å². The summed E-state index contributed by atoms with van der Waals surface area (Å²) >= 11 is 0. The maximum Gasteiger partial charge on any atom is 0.123 e. The standard InChI is InChI=1S/C16H18FN/c1-12-2-4-13(5-3-12)16(10-11-18)14-6-8-15(17)9-7-14/h2-9,16H,10-11,18H2,1H3. The van der Waals surface area contributed by atoms with Crippen LogP contribution in [-0.2, 0) is 0 Å². The van der Waals surface area contributed by atoms with Gasteiger partial charge in [0.2, 0.25) is 0 Å². The summed E-state index contributed by atoms with van der Waals surface area (Å²) in [4.78, 5) is 0. The van der Waals surface area contributed by atoms with Crippen molar-refractivity contribution < 1.29 is 4.39 Å². The Hall–Kier alpha value is -1.67. The lowest BCUT2D eigenvalue weighted by molar-refractivity contribution is 0.625. The van der Waals surface area contributed by atoms with Gasteiger partial charge in [0.1, 0.15) is 5.82 Å². The van der Waals surface area contributed by atoms with E-state index in [1.54, 1.807) is 0 Å². The number of rotatable bonds is 4. The Labute approximate surface area is 107 Å². The summed E-state index contributed by atoms with van der Waals surface area (Å²) in [6, 6.07) is 15.1. The van der Waals surface area contributed by atoms with E-state index in [0.29, 0.717) is 6.54 Å². The van der Waals surface area contributed by atoms with Gasteiger partial charge in [-0.05, 0) is 43.1 Å². The van der Waals surface area contributed by atoms with Crippen molar-refractivity contribution in [1.82, 2.24) is 0 Å². The zero-order valence-corrected chi connectivity index (χ0v) is 10.6. The van der Waals surface area contributed by atoms with E-state index >= 15 is 0 Å². The molecule has 2 rings (SSSR count). The summed E-state index contributed by atoms with van der Waals surface area (Å²) < 4.78 is 13.0. The third kappa shape index (κ3) is 2.96. The quantitative estimate of drug-likeness (QED) is 0.872. The van der Waals surface area contributed by atoms with E-state index in [2.05, 4.69) is 31.2 Å². The molecule has 2 aromatic rings. The Kier molecular flexibility index (Phi) is 4.11. The van der Waals surface area contributed by atoms with Crippen LogP contribution in [0.5, 0.6) is 0 Å². The molecule has 0 spiro atoms. The zero-order chi connectivity index (χ0) is 13.0. The highest BCUT2D eigenvalue weighted by Crippen LogP contribution is 2.27. The first-order chi connectivity index (χ1) is 8.70. The molecule has 0 aliphatic heterocycles. The second-order valence-corrected chi connectivity index (χ2v) is 4.59.